The first kappa shape index (κ1) is 15.3. The third kappa shape index (κ3) is 2.01. The zero-order chi connectivity index (χ0) is 16.9. The maximum Gasteiger partial charge on any atom is 0.246 e. The predicted octanol–water partition coefficient (Wildman–Crippen LogP) is 2.11. The molecule has 2 aliphatic heterocycles. The summed E-state index contributed by atoms with van der Waals surface area (Å²) in [5, 5.41) is 2.82. The highest BCUT2D eigenvalue weighted by Gasteiger charge is 2.53. The number of carbonyl (C=O) groups is 1. The first-order valence-corrected chi connectivity index (χ1v) is 9.05. The van der Waals surface area contributed by atoms with Crippen molar-refractivity contribution in [3.05, 3.63) is 59.9 Å². The maximum absolute atomic E-state index is 13.9. The number of anilines is 1. The number of para-hydroxylation sites is 1. The van der Waals surface area contributed by atoms with Gasteiger partial charge in [-0.25, -0.2) is 12.8 Å². The number of carbonyl (C=O) groups excluding carboxylic acids is 1. The summed E-state index contributed by atoms with van der Waals surface area (Å²) in [6.07, 6.45) is 0.379. The molecule has 0 aliphatic carbocycles. The van der Waals surface area contributed by atoms with Crippen molar-refractivity contribution in [2.24, 2.45) is 0 Å². The van der Waals surface area contributed by atoms with Crippen molar-refractivity contribution in [1.82, 2.24) is 4.31 Å². The lowest BCUT2D eigenvalue weighted by molar-refractivity contribution is -0.120. The largest absolute Gasteiger partial charge is 0.325 e. The van der Waals surface area contributed by atoms with Gasteiger partial charge < -0.3 is 5.32 Å². The van der Waals surface area contributed by atoms with Gasteiger partial charge in [-0.05, 0) is 30.2 Å². The molecule has 24 heavy (non-hydrogen) atoms. The van der Waals surface area contributed by atoms with Crippen LogP contribution in [0.25, 0.3) is 0 Å². The summed E-state index contributed by atoms with van der Waals surface area (Å²) in [6, 6.07) is 12.6. The van der Waals surface area contributed by atoms with E-state index in [1.165, 1.54) is 22.5 Å². The Bertz CT molecular complexity index is 944. The van der Waals surface area contributed by atoms with Crippen LogP contribution in [0.3, 0.4) is 0 Å². The Morgan fingerprint density at radius 1 is 1.08 bits per heavy atom. The second-order valence-electron chi connectivity index (χ2n) is 6.10. The molecule has 0 saturated carbocycles. The Morgan fingerprint density at radius 2 is 1.79 bits per heavy atom. The standard InChI is InChI=1S/C17H15FN2O3S/c18-13-6-2-4-8-15(13)24(22,23)20-10-9-17(11-20)12-5-1-3-7-14(12)19-16(17)21/h1-8H,9-11H2,(H,19,21). The smallest absolute Gasteiger partial charge is 0.246 e. The van der Waals surface area contributed by atoms with E-state index in [1.807, 2.05) is 18.2 Å². The quantitative estimate of drug-likeness (QED) is 0.906. The normalized spacial score (nSPS) is 23.5. The van der Waals surface area contributed by atoms with Gasteiger partial charge in [-0.2, -0.15) is 4.31 Å². The van der Waals surface area contributed by atoms with Crippen molar-refractivity contribution in [3.8, 4) is 0 Å². The molecule has 1 unspecified atom stereocenters. The van der Waals surface area contributed by atoms with Gasteiger partial charge in [-0.3, -0.25) is 4.79 Å². The molecule has 2 heterocycles. The fourth-order valence-corrected chi connectivity index (χ4v) is 5.12. The number of sulfonamides is 1. The molecule has 1 amide bonds. The molecule has 0 aromatic heterocycles. The zero-order valence-electron chi connectivity index (χ0n) is 12.7. The van der Waals surface area contributed by atoms with E-state index < -0.39 is 21.3 Å². The molecule has 1 saturated heterocycles. The number of halogens is 1. The van der Waals surface area contributed by atoms with Crippen LogP contribution < -0.4 is 5.32 Å². The van der Waals surface area contributed by atoms with Gasteiger partial charge in [0.1, 0.15) is 10.7 Å². The molecule has 5 nitrogen and oxygen atoms in total. The van der Waals surface area contributed by atoms with Crippen molar-refractivity contribution in [3.63, 3.8) is 0 Å². The number of fused-ring (bicyclic) bond motifs is 2. The Hall–Kier alpha value is -2.25. The third-order valence-corrected chi connectivity index (χ3v) is 6.69. The molecule has 1 spiro atoms. The first-order chi connectivity index (χ1) is 11.4. The average Bonchev–Trinajstić information content (AvgIpc) is 3.13. The Kier molecular flexibility index (Phi) is 3.26. The molecule has 2 aromatic carbocycles. The lowest BCUT2D eigenvalue weighted by Gasteiger charge is -2.22. The molecule has 1 fully saturated rings. The highest BCUT2D eigenvalue weighted by atomic mass is 32.2. The molecular weight excluding hydrogens is 331 g/mol. The van der Waals surface area contributed by atoms with Crippen LogP contribution >= 0.6 is 0 Å². The molecular formula is C17H15FN2O3S. The van der Waals surface area contributed by atoms with E-state index in [1.54, 1.807) is 6.07 Å². The van der Waals surface area contributed by atoms with E-state index in [0.717, 1.165) is 11.6 Å². The molecule has 0 radical (unpaired) electrons. The highest BCUT2D eigenvalue weighted by Crippen LogP contribution is 2.45. The minimum absolute atomic E-state index is 0.0204. The van der Waals surface area contributed by atoms with Crippen LogP contribution in [0, 0.1) is 5.82 Å². The van der Waals surface area contributed by atoms with Crippen LogP contribution in [0.4, 0.5) is 10.1 Å². The van der Waals surface area contributed by atoms with Crippen molar-refractivity contribution < 1.29 is 17.6 Å². The van der Waals surface area contributed by atoms with Gasteiger partial charge in [0, 0.05) is 18.8 Å². The van der Waals surface area contributed by atoms with E-state index >= 15 is 0 Å². The van der Waals surface area contributed by atoms with Crippen LogP contribution in [-0.4, -0.2) is 31.7 Å². The minimum Gasteiger partial charge on any atom is -0.325 e. The molecule has 2 aliphatic rings. The Balaban J connectivity index is 1.73. The van der Waals surface area contributed by atoms with Crippen LogP contribution in [0.15, 0.2) is 53.4 Å². The summed E-state index contributed by atoms with van der Waals surface area (Å²) in [6.45, 7) is 0.199. The fraction of sp³-hybridized carbons (Fsp3) is 0.235. The molecule has 2 aromatic rings. The van der Waals surface area contributed by atoms with E-state index in [9.17, 15) is 17.6 Å². The van der Waals surface area contributed by atoms with Crippen molar-refractivity contribution in [2.75, 3.05) is 18.4 Å². The van der Waals surface area contributed by atoms with Crippen LogP contribution in [0.2, 0.25) is 0 Å². The summed E-state index contributed by atoms with van der Waals surface area (Å²) in [7, 11) is -3.98. The summed E-state index contributed by atoms with van der Waals surface area (Å²) in [4.78, 5) is 12.2. The van der Waals surface area contributed by atoms with E-state index in [-0.39, 0.29) is 23.9 Å². The highest BCUT2D eigenvalue weighted by molar-refractivity contribution is 7.89. The van der Waals surface area contributed by atoms with Gasteiger partial charge in [0.15, 0.2) is 0 Å². The maximum atomic E-state index is 13.9. The zero-order valence-corrected chi connectivity index (χ0v) is 13.5. The number of amides is 1. The van der Waals surface area contributed by atoms with Gasteiger partial charge in [0.2, 0.25) is 15.9 Å². The molecule has 0 bridgehead atoms. The number of nitrogens with one attached hydrogen (secondary N) is 1. The van der Waals surface area contributed by atoms with E-state index in [0.29, 0.717) is 12.1 Å². The summed E-state index contributed by atoms with van der Waals surface area (Å²) >= 11 is 0. The molecule has 1 N–H and O–H groups in total. The van der Waals surface area contributed by atoms with Gasteiger partial charge in [-0.15, -0.1) is 0 Å². The van der Waals surface area contributed by atoms with Crippen LogP contribution in [0.5, 0.6) is 0 Å². The van der Waals surface area contributed by atoms with Gasteiger partial charge in [0.05, 0.1) is 5.41 Å². The minimum atomic E-state index is -3.98. The second-order valence-corrected chi connectivity index (χ2v) is 8.01. The molecule has 1 atom stereocenters. The molecule has 4 rings (SSSR count). The topological polar surface area (TPSA) is 66.5 Å². The second kappa shape index (κ2) is 5.12. The monoisotopic (exact) mass is 346 g/mol. The number of nitrogens with zero attached hydrogens (tertiary/aromatic N) is 1. The SMILES string of the molecule is O=C1Nc2ccccc2C12CCN(S(=O)(=O)c1ccccc1F)C2. The predicted molar refractivity (Wildman–Crippen MR) is 86.5 cm³/mol. The van der Waals surface area contributed by atoms with Crippen molar-refractivity contribution >= 4 is 21.6 Å². The summed E-state index contributed by atoms with van der Waals surface area (Å²) in [5.41, 5.74) is 0.628. The summed E-state index contributed by atoms with van der Waals surface area (Å²) in [5.74, 6) is -0.982. The van der Waals surface area contributed by atoms with Gasteiger partial charge in [0.25, 0.3) is 0 Å². The number of benzene rings is 2. The fourth-order valence-electron chi connectivity index (χ4n) is 3.55. The number of hydrogen-bond acceptors (Lipinski definition) is 3. The summed E-state index contributed by atoms with van der Waals surface area (Å²) < 4.78 is 40.7. The van der Waals surface area contributed by atoms with E-state index in [2.05, 4.69) is 5.32 Å². The number of hydrogen-bond donors (Lipinski definition) is 1. The van der Waals surface area contributed by atoms with Crippen LogP contribution in [-0.2, 0) is 20.2 Å². The Labute approximate surface area is 139 Å². The lowest BCUT2D eigenvalue weighted by Crippen LogP contribution is -2.39. The van der Waals surface area contributed by atoms with Crippen LogP contribution in [0.1, 0.15) is 12.0 Å². The third-order valence-electron chi connectivity index (χ3n) is 4.81. The van der Waals surface area contributed by atoms with E-state index in [4.69, 9.17) is 0 Å². The van der Waals surface area contributed by atoms with Crippen molar-refractivity contribution in [2.45, 2.75) is 16.7 Å². The lowest BCUT2D eigenvalue weighted by atomic mass is 9.81. The molecule has 7 heteroatoms. The number of rotatable bonds is 2. The van der Waals surface area contributed by atoms with Gasteiger partial charge >= 0.3 is 0 Å². The first-order valence-electron chi connectivity index (χ1n) is 7.61. The molecule has 124 valence electrons. The Morgan fingerprint density at radius 3 is 2.58 bits per heavy atom. The average molecular weight is 346 g/mol. The van der Waals surface area contributed by atoms with Gasteiger partial charge in [-0.1, -0.05) is 30.3 Å². The van der Waals surface area contributed by atoms with Crippen molar-refractivity contribution in [1.29, 1.82) is 0 Å².